The molecule has 0 atom stereocenters. The number of benzene rings is 9. The predicted octanol–water partition coefficient (Wildman–Crippen LogP) is 10.9. The van der Waals surface area contributed by atoms with Crippen LogP contribution in [-0.2, 0) is 0 Å². The van der Waals surface area contributed by atoms with Crippen molar-refractivity contribution >= 4 is 75.7 Å². The normalized spacial score (nSPS) is 12.3. The molecule has 11 rings (SSSR count). The average molecular weight is 597 g/mol. The Morgan fingerprint density at radius 2 is 0.936 bits per heavy atom. The van der Waals surface area contributed by atoms with Gasteiger partial charge in [0.25, 0.3) is 0 Å². The molecule has 0 aliphatic heterocycles. The average Bonchev–Trinajstić information content (AvgIpc) is 3.49. The van der Waals surface area contributed by atoms with Gasteiger partial charge in [-0.25, -0.2) is 4.98 Å². The Morgan fingerprint density at radius 1 is 0.340 bits per heavy atom. The minimum absolute atomic E-state index is 0.613. The van der Waals surface area contributed by atoms with Crippen LogP contribution in [0.1, 0.15) is 0 Å². The third-order valence-electron chi connectivity index (χ3n) is 9.93. The zero-order valence-corrected chi connectivity index (χ0v) is 25.1. The zero-order chi connectivity index (χ0) is 30.6. The van der Waals surface area contributed by atoms with Crippen molar-refractivity contribution < 1.29 is 0 Å². The monoisotopic (exact) mass is 596 g/mol. The fourth-order valence-corrected chi connectivity index (χ4v) is 7.94. The van der Waals surface area contributed by atoms with Gasteiger partial charge < -0.3 is 0 Å². The highest BCUT2D eigenvalue weighted by Gasteiger charge is 2.25. The second kappa shape index (κ2) is 9.09. The summed E-state index contributed by atoms with van der Waals surface area (Å²) in [7, 11) is 0. The molecule has 0 bridgehead atoms. The molecule has 4 heteroatoms. The number of aromatic nitrogens is 4. The first-order chi connectivity index (χ1) is 23.3. The molecule has 0 spiro atoms. The van der Waals surface area contributed by atoms with Gasteiger partial charge in [-0.3, -0.25) is 4.57 Å². The Balaban J connectivity index is 1.29. The molecule has 216 valence electrons. The van der Waals surface area contributed by atoms with Crippen molar-refractivity contribution in [2.75, 3.05) is 0 Å². The molecule has 11 aromatic rings. The number of rotatable bonds is 3. The Hall–Kier alpha value is -6.39. The van der Waals surface area contributed by atoms with E-state index in [1.807, 2.05) is 18.2 Å². The highest BCUT2D eigenvalue weighted by molar-refractivity contribution is 6.44. The number of fused-ring (bicyclic) bond motifs is 5. The minimum Gasteiger partial charge on any atom is -0.278 e. The zero-order valence-electron chi connectivity index (χ0n) is 25.1. The lowest BCUT2D eigenvalue weighted by Crippen LogP contribution is -2.06. The maximum atomic E-state index is 5.24. The van der Waals surface area contributed by atoms with Crippen molar-refractivity contribution in [1.82, 2.24) is 19.5 Å². The lowest BCUT2D eigenvalue weighted by atomic mass is 9.86. The van der Waals surface area contributed by atoms with Gasteiger partial charge in [0.1, 0.15) is 0 Å². The number of nitrogens with zero attached hydrogens (tertiary/aromatic N) is 4. The number of hydrogen-bond donors (Lipinski definition) is 0. The summed E-state index contributed by atoms with van der Waals surface area (Å²) in [5.74, 6) is 1.91. The molecule has 0 unspecified atom stereocenters. The van der Waals surface area contributed by atoms with E-state index in [9.17, 15) is 0 Å². The third-order valence-corrected chi connectivity index (χ3v) is 9.93. The molecule has 9 aromatic carbocycles. The van der Waals surface area contributed by atoms with Crippen molar-refractivity contribution in [2.24, 2.45) is 0 Å². The lowest BCUT2D eigenvalue weighted by Gasteiger charge is -2.16. The van der Waals surface area contributed by atoms with Gasteiger partial charge in [-0.2, -0.15) is 9.97 Å². The van der Waals surface area contributed by atoms with Crippen LogP contribution in [0.5, 0.6) is 0 Å². The van der Waals surface area contributed by atoms with Gasteiger partial charge in [-0.15, -0.1) is 0 Å². The molecular weight excluding hydrogens is 573 g/mol. The van der Waals surface area contributed by atoms with Gasteiger partial charge in [-0.05, 0) is 66.7 Å². The van der Waals surface area contributed by atoms with Gasteiger partial charge in [-0.1, -0.05) is 127 Å². The highest BCUT2D eigenvalue weighted by Crippen LogP contribution is 2.49. The van der Waals surface area contributed by atoms with Crippen molar-refractivity contribution in [2.45, 2.75) is 0 Å². The smallest absolute Gasteiger partial charge is 0.238 e. The van der Waals surface area contributed by atoms with E-state index in [1.54, 1.807) is 0 Å². The first kappa shape index (κ1) is 24.9. The first-order valence-electron chi connectivity index (χ1n) is 16.0. The van der Waals surface area contributed by atoms with Crippen LogP contribution < -0.4 is 0 Å². The second-order valence-electron chi connectivity index (χ2n) is 12.4. The van der Waals surface area contributed by atoms with Crippen LogP contribution in [0.3, 0.4) is 0 Å². The van der Waals surface area contributed by atoms with Crippen molar-refractivity contribution in [1.29, 1.82) is 0 Å². The summed E-state index contributed by atoms with van der Waals surface area (Å²) >= 11 is 0. The van der Waals surface area contributed by atoms with E-state index >= 15 is 0 Å². The van der Waals surface area contributed by atoms with Gasteiger partial charge in [0.15, 0.2) is 11.6 Å². The van der Waals surface area contributed by atoms with Crippen molar-refractivity contribution in [3.63, 3.8) is 0 Å². The molecule has 4 nitrogen and oxygen atoms in total. The van der Waals surface area contributed by atoms with E-state index in [0.29, 0.717) is 17.6 Å². The van der Waals surface area contributed by atoms with Crippen molar-refractivity contribution in [3.05, 3.63) is 146 Å². The van der Waals surface area contributed by atoms with Gasteiger partial charge in [0.05, 0.1) is 11.0 Å². The van der Waals surface area contributed by atoms with E-state index in [1.165, 1.54) is 59.2 Å². The van der Waals surface area contributed by atoms with Crippen LogP contribution >= 0.6 is 0 Å². The quantitative estimate of drug-likeness (QED) is 0.151. The maximum absolute atomic E-state index is 5.24. The topological polar surface area (TPSA) is 43.6 Å². The van der Waals surface area contributed by atoms with Crippen LogP contribution in [0.25, 0.3) is 104 Å². The molecule has 0 fully saturated rings. The van der Waals surface area contributed by atoms with Gasteiger partial charge in [0, 0.05) is 27.3 Å². The molecular formula is C43H24N4. The van der Waals surface area contributed by atoms with E-state index in [-0.39, 0.29) is 0 Å². The van der Waals surface area contributed by atoms with Gasteiger partial charge in [0.2, 0.25) is 5.95 Å². The molecule has 47 heavy (non-hydrogen) atoms. The van der Waals surface area contributed by atoms with E-state index in [2.05, 4.69) is 132 Å². The predicted molar refractivity (Wildman–Crippen MR) is 195 cm³/mol. The van der Waals surface area contributed by atoms with E-state index in [0.717, 1.165) is 27.5 Å². The third kappa shape index (κ3) is 3.34. The Bertz CT molecular complexity index is 3010. The van der Waals surface area contributed by atoms with Gasteiger partial charge >= 0.3 is 0 Å². The first-order valence-corrected chi connectivity index (χ1v) is 16.0. The highest BCUT2D eigenvalue weighted by atomic mass is 15.2. The van der Waals surface area contributed by atoms with Crippen LogP contribution in [0.2, 0.25) is 0 Å². The molecule has 0 N–H and O–H groups in total. The second-order valence-corrected chi connectivity index (χ2v) is 12.4. The summed E-state index contributed by atoms with van der Waals surface area (Å²) in [6.07, 6.45) is 0. The van der Waals surface area contributed by atoms with Crippen LogP contribution in [0.15, 0.2) is 146 Å². The Labute approximate surface area is 268 Å². The molecule has 0 aliphatic carbocycles. The number of hydrogen-bond acceptors (Lipinski definition) is 3. The standard InChI is InChI=1S/C43H24N4/c1-2-11-26(12-3-1)41-44-42(28-21-20-25-10-4-5-13-27(25)24-28)46-43(45-41)47-35-19-9-18-33-32-17-8-16-31-29-14-6-7-15-30(29)34-22-23-36(47)40(38(33)35)39(34)37(31)32/h1-24H. The minimum atomic E-state index is 0.613. The molecule has 0 saturated carbocycles. The molecule has 2 aromatic heterocycles. The SMILES string of the molecule is c1ccc(-c2nc(-c3ccc4ccccc4c3)nc(-n3c4cccc5c6cccc7c8ccccc8c8ccc3c(c8c76)c54)n2)cc1. The molecule has 0 amide bonds. The van der Waals surface area contributed by atoms with Crippen LogP contribution in [-0.4, -0.2) is 19.5 Å². The summed E-state index contributed by atoms with van der Waals surface area (Å²) < 4.78 is 2.25. The Morgan fingerprint density at radius 3 is 1.74 bits per heavy atom. The van der Waals surface area contributed by atoms with E-state index < -0.39 is 0 Å². The molecule has 0 aliphatic rings. The fourth-order valence-electron chi connectivity index (χ4n) is 7.94. The summed E-state index contributed by atoms with van der Waals surface area (Å²) in [6.45, 7) is 0. The summed E-state index contributed by atoms with van der Waals surface area (Å²) in [5.41, 5.74) is 4.10. The summed E-state index contributed by atoms with van der Waals surface area (Å²) in [6, 6.07) is 51.8. The summed E-state index contributed by atoms with van der Waals surface area (Å²) in [4.78, 5) is 15.5. The largest absolute Gasteiger partial charge is 0.278 e. The molecule has 0 saturated heterocycles. The van der Waals surface area contributed by atoms with Crippen LogP contribution in [0.4, 0.5) is 0 Å². The lowest BCUT2D eigenvalue weighted by molar-refractivity contribution is 0.954. The van der Waals surface area contributed by atoms with Crippen molar-refractivity contribution in [3.8, 4) is 28.7 Å². The van der Waals surface area contributed by atoms with Crippen LogP contribution in [0, 0.1) is 0 Å². The molecule has 0 radical (unpaired) electrons. The van der Waals surface area contributed by atoms with E-state index in [4.69, 9.17) is 15.0 Å². The Kier molecular flexibility index (Phi) is 4.81. The molecule has 2 heterocycles. The summed E-state index contributed by atoms with van der Waals surface area (Å²) in [5, 5.41) is 15.1. The fraction of sp³-hybridized carbons (Fsp3) is 0. The maximum Gasteiger partial charge on any atom is 0.238 e.